The van der Waals surface area contributed by atoms with E-state index in [9.17, 15) is 14.9 Å². The Kier molecular flexibility index (Phi) is 6.00. The normalized spacial score (nSPS) is 10.1. The van der Waals surface area contributed by atoms with Crippen LogP contribution in [0.3, 0.4) is 0 Å². The van der Waals surface area contributed by atoms with E-state index in [1.807, 2.05) is 0 Å². The maximum absolute atomic E-state index is 12.1. The molecule has 0 aliphatic carbocycles. The van der Waals surface area contributed by atoms with Crippen LogP contribution >= 0.6 is 11.6 Å². The number of ether oxygens (including phenoxy) is 1. The highest BCUT2D eigenvalue weighted by molar-refractivity contribution is 6.31. The largest absolute Gasteiger partial charge is 0.495 e. The van der Waals surface area contributed by atoms with Crippen molar-refractivity contribution in [3.05, 3.63) is 69.8 Å². The zero-order valence-electron chi connectivity index (χ0n) is 14.9. The summed E-state index contributed by atoms with van der Waals surface area (Å²) in [5, 5.41) is 14.8. The van der Waals surface area contributed by atoms with Crippen LogP contribution in [0.2, 0.25) is 5.02 Å². The van der Waals surface area contributed by atoms with Gasteiger partial charge in [0.25, 0.3) is 5.91 Å². The highest BCUT2D eigenvalue weighted by atomic mass is 35.5. The number of nitrogens with one attached hydrogen (secondary N) is 3. The number of halogens is 1. The van der Waals surface area contributed by atoms with Gasteiger partial charge in [-0.3, -0.25) is 30.7 Å². The number of hydrazine groups is 1. The number of methoxy groups -OCH3 is 1. The lowest BCUT2D eigenvalue weighted by Gasteiger charge is -2.13. The molecule has 0 radical (unpaired) electrons. The second-order valence-electron chi connectivity index (χ2n) is 5.47. The van der Waals surface area contributed by atoms with E-state index in [1.54, 1.807) is 18.2 Å². The van der Waals surface area contributed by atoms with E-state index in [1.165, 1.54) is 31.6 Å². The van der Waals surface area contributed by atoms with Crippen molar-refractivity contribution in [2.45, 2.75) is 0 Å². The number of carbonyl (C=O) groups excluding carboxylic acids is 1. The first-order valence-electron chi connectivity index (χ1n) is 8.06. The van der Waals surface area contributed by atoms with Crippen molar-refractivity contribution in [1.29, 1.82) is 0 Å². The van der Waals surface area contributed by atoms with Crippen LogP contribution in [0.25, 0.3) is 0 Å². The lowest BCUT2D eigenvalue weighted by atomic mass is 10.3. The fraction of sp³-hybridized carbons (Fsp3) is 0.0588. The number of pyridine rings is 1. The number of hydrogen-bond donors (Lipinski definition) is 3. The third-order valence-corrected chi connectivity index (χ3v) is 3.87. The SMILES string of the molecule is COc1ccc(Cl)cc1Nc1ncnc(NNC(=O)c2cccnc2)c1[N+](=O)[O-]. The van der Waals surface area contributed by atoms with Gasteiger partial charge < -0.3 is 10.1 Å². The van der Waals surface area contributed by atoms with Gasteiger partial charge in [-0.2, -0.15) is 0 Å². The molecule has 2 heterocycles. The number of aromatic nitrogens is 3. The molecular weight excluding hydrogens is 402 g/mol. The summed E-state index contributed by atoms with van der Waals surface area (Å²) in [5.41, 5.74) is 4.92. The van der Waals surface area contributed by atoms with Crippen molar-refractivity contribution in [2.24, 2.45) is 0 Å². The van der Waals surface area contributed by atoms with Gasteiger partial charge in [0.1, 0.15) is 12.1 Å². The fourth-order valence-electron chi connectivity index (χ4n) is 2.33. The van der Waals surface area contributed by atoms with Crippen LogP contribution in [0.1, 0.15) is 10.4 Å². The van der Waals surface area contributed by atoms with Gasteiger partial charge in [-0.1, -0.05) is 11.6 Å². The van der Waals surface area contributed by atoms with E-state index in [4.69, 9.17) is 16.3 Å². The van der Waals surface area contributed by atoms with E-state index in [2.05, 4.69) is 31.1 Å². The Morgan fingerprint density at radius 1 is 1.24 bits per heavy atom. The molecule has 0 unspecified atom stereocenters. The zero-order valence-corrected chi connectivity index (χ0v) is 15.7. The predicted molar refractivity (Wildman–Crippen MR) is 105 cm³/mol. The summed E-state index contributed by atoms with van der Waals surface area (Å²) in [4.78, 5) is 34.7. The summed E-state index contributed by atoms with van der Waals surface area (Å²) >= 11 is 5.99. The second kappa shape index (κ2) is 8.80. The lowest BCUT2D eigenvalue weighted by molar-refractivity contribution is -0.383. The first kappa shape index (κ1) is 19.8. The van der Waals surface area contributed by atoms with Gasteiger partial charge in [-0.25, -0.2) is 9.97 Å². The molecule has 0 aliphatic heterocycles. The van der Waals surface area contributed by atoms with Crippen molar-refractivity contribution in [1.82, 2.24) is 20.4 Å². The number of hydrogen-bond acceptors (Lipinski definition) is 9. The third kappa shape index (κ3) is 4.65. The number of rotatable bonds is 7. The Morgan fingerprint density at radius 2 is 2.03 bits per heavy atom. The first-order valence-corrected chi connectivity index (χ1v) is 8.43. The summed E-state index contributed by atoms with van der Waals surface area (Å²) in [6.45, 7) is 0. The summed E-state index contributed by atoms with van der Waals surface area (Å²) in [5.74, 6) is -0.479. The predicted octanol–water partition coefficient (Wildman–Crippen LogP) is 2.94. The van der Waals surface area contributed by atoms with Gasteiger partial charge in [0.2, 0.25) is 11.6 Å². The summed E-state index contributed by atoms with van der Waals surface area (Å²) in [7, 11) is 1.45. The first-order chi connectivity index (χ1) is 14.0. The molecule has 0 aliphatic rings. The molecule has 1 aromatic carbocycles. The van der Waals surface area contributed by atoms with Crippen molar-refractivity contribution in [3.63, 3.8) is 0 Å². The van der Waals surface area contributed by atoms with E-state index in [-0.39, 0.29) is 17.2 Å². The van der Waals surface area contributed by atoms with E-state index < -0.39 is 16.5 Å². The van der Waals surface area contributed by atoms with Gasteiger partial charge >= 0.3 is 5.69 Å². The topological polar surface area (TPSA) is 144 Å². The molecule has 0 atom stereocenters. The Labute approximate surface area is 169 Å². The van der Waals surface area contributed by atoms with Crippen LogP contribution < -0.4 is 20.9 Å². The van der Waals surface area contributed by atoms with Crippen LogP contribution in [0, 0.1) is 10.1 Å². The molecule has 29 heavy (non-hydrogen) atoms. The van der Waals surface area contributed by atoms with E-state index in [0.717, 1.165) is 6.33 Å². The lowest BCUT2D eigenvalue weighted by Crippen LogP contribution is -2.30. The number of anilines is 3. The molecule has 0 spiro atoms. The van der Waals surface area contributed by atoms with Crippen molar-refractivity contribution in [3.8, 4) is 5.75 Å². The Balaban J connectivity index is 1.88. The van der Waals surface area contributed by atoms with Crippen molar-refractivity contribution in [2.75, 3.05) is 17.9 Å². The number of carbonyl (C=O) groups is 1. The highest BCUT2D eigenvalue weighted by Crippen LogP contribution is 2.35. The molecular formula is C17H14ClN7O4. The van der Waals surface area contributed by atoms with Gasteiger partial charge in [0.05, 0.1) is 23.3 Å². The summed E-state index contributed by atoms with van der Waals surface area (Å²) in [6, 6.07) is 7.87. The molecule has 0 saturated carbocycles. The molecule has 0 saturated heterocycles. The Morgan fingerprint density at radius 3 is 2.72 bits per heavy atom. The Bertz CT molecular complexity index is 1050. The maximum Gasteiger partial charge on any atom is 0.355 e. The Hall–Kier alpha value is -3.99. The smallest absolute Gasteiger partial charge is 0.355 e. The average molecular weight is 416 g/mol. The quantitative estimate of drug-likeness (QED) is 0.391. The van der Waals surface area contributed by atoms with Gasteiger partial charge in [0.15, 0.2) is 0 Å². The van der Waals surface area contributed by atoms with Crippen molar-refractivity contribution < 1.29 is 14.5 Å². The minimum atomic E-state index is -0.683. The molecule has 3 rings (SSSR count). The molecule has 0 bridgehead atoms. The molecule has 1 amide bonds. The third-order valence-electron chi connectivity index (χ3n) is 3.64. The van der Waals surface area contributed by atoms with Crippen LogP contribution in [0.15, 0.2) is 49.1 Å². The highest BCUT2D eigenvalue weighted by Gasteiger charge is 2.24. The van der Waals surface area contributed by atoms with Gasteiger partial charge in [-0.05, 0) is 30.3 Å². The second-order valence-corrected chi connectivity index (χ2v) is 5.90. The summed E-state index contributed by atoms with van der Waals surface area (Å²) < 4.78 is 5.22. The number of nitro groups is 1. The van der Waals surface area contributed by atoms with Gasteiger partial charge in [-0.15, -0.1) is 0 Å². The number of nitrogens with zero attached hydrogens (tertiary/aromatic N) is 4. The number of benzene rings is 1. The molecule has 0 fully saturated rings. The van der Waals surface area contributed by atoms with Crippen LogP contribution in [0.4, 0.5) is 23.0 Å². The maximum atomic E-state index is 12.1. The van der Waals surface area contributed by atoms with Crippen molar-refractivity contribution >= 4 is 40.5 Å². The van der Waals surface area contributed by atoms with E-state index >= 15 is 0 Å². The van der Waals surface area contributed by atoms with Gasteiger partial charge in [0, 0.05) is 17.4 Å². The van der Waals surface area contributed by atoms with Crippen LogP contribution in [-0.2, 0) is 0 Å². The molecule has 11 nitrogen and oxygen atoms in total. The number of amides is 1. The fourth-order valence-corrected chi connectivity index (χ4v) is 2.50. The monoisotopic (exact) mass is 415 g/mol. The van der Waals surface area contributed by atoms with Crippen LogP contribution in [-0.4, -0.2) is 32.9 Å². The minimum absolute atomic E-state index is 0.122. The summed E-state index contributed by atoms with van der Waals surface area (Å²) in [6.07, 6.45) is 3.97. The molecule has 12 heteroatoms. The molecule has 3 N–H and O–H groups in total. The van der Waals surface area contributed by atoms with E-state index in [0.29, 0.717) is 16.5 Å². The zero-order chi connectivity index (χ0) is 20.8. The standard InChI is InChI=1S/C17H14ClN7O4/c1-29-13-5-4-11(18)7-12(13)22-15-14(25(27)28)16(21-9-20-15)23-24-17(26)10-3-2-6-19-8-10/h2-9H,1H3,(H,24,26)(H2,20,21,22,23). The molecule has 2 aromatic heterocycles. The minimum Gasteiger partial charge on any atom is -0.495 e. The molecule has 148 valence electrons. The van der Waals surface area contributed by atoms with Crippen LogP contribution in [0.5, 0.6) is 5.75 Å². The average Bonchev–Trinajstić information content (AvgIpc) is 2.72. The molecule has 3 aromatic rings.